The van der Waals surface area contributed by atoms with Gasteiger partial charge in [-0.05, 0) is 40.8 Å². The number of halogens is 1. The molecule has 2 aliphatic rings. The number of benzene rings is 2. The van der Waals surface area contributed by atoms with Crippen molar-refractivity contribution in [3.8, 4) is 0 Å². The molecule has 2 aromatic carbocycles. The van der Waals surface area contributed by atoms with E-state index >= 15 is 0 Å². The molecule has 0 spiro atoms. The standard InChI is InChI=1S/C18H13BrS/c19-15-8-2-6-13-10-11-17(18(13)15)20-16-9-3-5-12-4-1-7-14(12)16/h1-3,5-11,17H,4H2. The van der Waals surface area contributed by atoms with Crippen molar-refractivity contribution in [3.05, 3.63) is 75.3 Å². The van der Waals surface area contributed by atoms with E-state index in [1.165, 1.54) is 31.6 Å². The zero-order chi connectivity index (χ0) is 13.5. The van der Waals surface area contributed by atoms with Gasteiger partial charge in [-0.15, -0.1) is 11.8 Å². The molecule has 0 aliphatic heterocycles. The minimum Gasteiger partial charge on any atom is -0.113 e. The summed E-state index contributed by atoms with van der Waals surface area (Å²) in [5.41, 5.74) is 5.59. The molecule has 98 valence electrons. The van der Waals surface area contributed by atoms with E-state index in [4.69, 9.17) is 0 Å². The van der Waals surface area contributed by atoms with Gasteiger partial charge in [-0.3, -0.25) is 0 Å². The molecule has 4 rings (SSSR count). The third kappa shape index (κ3) is 1.99. The summed E-state index contributed by atoms with van der Waals surface area (Å²) >= 11 is 5.64. The fourth-order valence-electron chi connectivity index (χ4n) is 2.88. The molecule has 20 heavy (non-hydrogen) atoms. The number of rotatable bonds is 2. The highest BCUT2D eigenvalue weighted by Crippen LogP contribution is 2.47. The maximum Gasteiger partial charge on any atom is 0.0545 e. The van der Waals surface area contributed by atoms with Gasteiger partial charge in [-0.1, -0.05) is 64.5 Å². The lowest BCUT2D eigenvalue weighted by molar-refractivity contribution is 1.22. The molecule has 0 heterocycles. The van der Waals surface area contributed by atoms with E-state index < -0.39 is 0 Å². The van der Waals surface area contributed by atoms with Gasteiger partial charge >= 0.3 is 0 Å². The van der Waals surface area contributed by atoms with E-state index in [1.807, 2.05) is 11.8 Å². The van der Waals surface area contributed by atoms with Crippen molar-refractivity contribution in [2.24, 2.45) is 0 Å². The van der Waals surface area contributed by atoms with Crippen LogP contribution in [0.2, 0.25) is 0 Å². The van der Waals surface area contributed by atoms with Gasteiger partial charge in [0, 0.05) is 9.37 Å². The van der Waals surface area contributed by atoms with Crippen LogP contribution in [-0.4, -0.2) is 0 Å². The summed E-state index contributed by atoms with van der Waals surface area (Å²) in [5, 5.41) is 0.404. The van der Waals surface area contributed by atoms with Crippen molar-refractivity contribution in [1.29, 1.82) is 0 Å². The minimum absolute atomic E-state index is 0.404. The third-order valence-electron chi connectivity index (χ3n) is 3.85. The molecule has 0 saturated heterocycles. The van der Waals surface area contributed by atoms with Crippen molar-refractivity contribution >= 4 is 39.8 Å². The third-order valence-corrected chi connectivity index (χ3v) is 5.80. The summed E-state index contributed by atoms with van der Waals surface area (Å²) in [4.78, 5) is 1.38. The average molecular weight is 341 g/mol. The second-order valence-electron chi connectivity index (χ2n) is 5.08. The first-order chi connectivity index (χ1) is 9.83. The Morgan fingerprint density at radius 3 is 2.90 bits per heavy atom. The Bertz CT molecular complexity index is 743. The first-order valence-corrected chi connectivity index (χ1v) is 8.42. The molecular weight excluding hydrogens is 328 g/mol. The van der Waals surface area contributed by atoms with Crippen molar-refractivity contribution < 1.29 is 0 Å². The summed E-state index contributed by atoms with van der Waals surface area (Å²) in [5.74, 6) is 0. The van der Waals surface area contributed by atoms with E-state index in [0.29, 0.717) is 5.25 Å². The molecule has 2 heteroatoms. The number of thioether (sulfide) groups is 1. The van der Waals surface area contributed by atoms with Crippen LogP contribution in [0, 0.1) is 0 Å². The summed E-state index contributed by atoms with van der Waals surface area (Å²) < 4.78 is 1.21. The van der Waals surface area contributed by atoms with Crippen LogP contribution in [0.15, 0.2) is 57.9 Å². The summed E-state index contributed by atoms with van der Waals surface area (Å²) in [6, 6.07) is 13.1. The number of fused-ring (bicyclic) bond motifs is 2. The maximum atomic E-state index is 3.70. The van der Waals surface area contributed by atoms with Crippen LogP contribution >= 0.6 is 27.7 Å². The Labute approximate surface area is 131 Å². The lowest BCUT2D eigenvalue weighted by Crippen LogP contribution is -1.92. The molecule has 0 radical (unpaired) electrons. The molecule has 0 fully saturated rings. The predicted molar refractivity (Wildman–Crippen MR) is 91.0 cm³/mol. The van der Waals surface area contributed by atoms with Crippen molar-refractivity contribution in [1.82, 2.24) is 0 Å². The van der Waals surface area contributed by atoms with Gasteiger partial charge in [0.2, 0.25) is 0 Å². The quantitative estimate of drug-likeness (QED) is 0.657. The fraction of sp³-hybridized carbons (Fsp3) is 0.111. The topological polar surface area (TPSA) is 0 Å². The molecule has 2 aromatic rings. The van der Waals surface area contributed by atoms with E-state index in [-0.39, 0.29) is 0 Å². The molecule has 0 nitrogen and oxygen atoms in total. The summed E-state index contributed by atoms with van der Waals surface area (Å²) in [6.45, 7) is 0. The van der Waals surface area contributed by atoms with E-state index in [2.05, 4.69) is 76.6 Å². The number of hydrogen-bond donors (Lipinski definition) is 0. The summed E-state index contributed by atoms with van der Waals surface area (Å²) in [6.07, 6.45) is 10.1. The Morgan fingerprint density at radius 2 is 1.95 bits per heavy atom. The van der Waals surface area contributed by atoms with Gasteiger partial charge in [0.15, 0.2) is 0 Å². The fourth-order valence-corrected chi connectivity index (χ4v) is 4.96. The zero-order valence-corrected chi connectivity index (χ0v) is 13.2. The van der Waals surface area contributed by atoms with Gasteiger partial charge in [0.1, 0.15) is 0 Å². The zero-order valence-electron chi connectivity index (χ0n) is 10.8. The molecule has 1 atom stereocenters. The molecule has 0 bridgehead atoms. The molecule has 0 amide bonds. The van der Waals surface area contributed by atoms with Crippen molar-refractivity contribution in [3.63, 3.8) is 0 Å². The number of allylic oxidation sites excluding steroid dienone is 1. The highest BCUT2D eigenvalue weighted by atomic mass is 79.9. The van der Waals surface area contributed by atoms with Gasteiger partial charge in [0.25, 0.3) is 0 Å². The highest BCUT2D eigenvalue weighted by Gasteiger charge is 2.22. The number of hydrogen-bond acceptors (Lipinski definition) is 1. The summed E-state index contributed by atoms with van der Waals surface area (Å²) in [7, 11) is 0. The predicted octanol–water partition coefficient (Wildman–Crippen LogP) is 5.88. The Kier molecular flexibility index (Phi) is 3.08. The van der Waals surface area contributed by atoms with Crippen LogP contribution in [-0.2, 0) is 6.42 Å². The van der Waals surface area contributed by atoms with Crippen molar-refractivity contribution in [2.75, 3.05) is 0 Å². The monoisotopic (exact) mass is 340 g/mol. The van der Waals surface area contributed by atoms with Crippen LogP contribution in [0.25, 0.3) is 12.2 Å². The molecular formula is C18H13BrS. The van der Waals surface area contributed by atoms with Crippen LogP contribution in [0.4, 0.5) is 0 Å². The normalized spacial score (nSPS) is 18.4. The SMILES string of the molecule is Brc1cccc2c1C(Sc1cccc3c1C=CC3)C=C2. The average Bonchev–Trinajstić information content (AvgIpc) is 3.07. The van der Waals surface area contributed by atoms with Gasteiger partial charge in [-0.2, -0.15) is 0 Å². The second kappa shape index (κ2) is 4.94. The molecule has 0 N–H and O–H groups in total. The van der Waals surface area contributed by atoms with E-state index in [9.17, 15) is 0 Å². The lowest BCUT2D eigenvalue weighted by atomic mass is 10.1. The molecule has 1 unspecified atom stereocenters. The molecule has 0 saturated carbocycles. The largest absolute Gasteiger partial charge is 0.113 e. The van der Waals surface area contributed by atoms with Crippen LogP contribution in [0.3, 0.4) is 0 Å². The Morgan fingerprint density at radius 1 is 1.05 bits per heavy atom. The van der Waals surface area contributed by atoms with Crippen LogP contribution in [0.1, 0.15) is 27.5 Å². The van der Waals surface area contributed by atoms with Crippen molar-refractivity contribution in [2.45, 2.75) is 16.6 Å². The molecule has 0 aromatic heterocycles. The van der Waals surface area contributed by atoms with Crippen LogP contribution < -0.4 is 0 Å². The highest BCUT2D eigenvalue weighted by molar-refractivity contribution is 9.10. The van der Waals surface area contributed by atoms with E-state index in [1.54, 1.807) is 0 Å². The Hall–Kier alpha value is -1.25. The first kappa shape index (κ1) is 12.5. The van der Waals surface area contributed by atoms with E-state index in [0.717, 1.165) is 6.42 Å². The lowest BCUT2D eigenvalue weighted by Gasteiger charge is -2.15. The Balaban J connectivity index is 1.72. The second-order valence-corrected chi connectivity index (χ2v) is 7.11. The van der Waals surface area contributed by atoms with Gasteiger partial charge < -0.3 is 0 Å². The first-order valence-electron chi connectivity index (χ1n) is 6.74. The maximum absolute atomic E-state index is 3.70. The van der Waals surface area contributed by atoms with Gasteiger partial charge in [0.05, 0.1) is 5.25 Å². The smallest absolute Gasteiger partial charge is 0.0545 e. The molecule has 2 aliphatic carbocycles. The van der Waals surface area contributed by atoms with Crippen LogP contribution in [0.5, 0.6) is 0 Å². The van der Waals surface area contributed by atoms with Gasteiger partial charge in [-0.25, -0.2) is 0 Å². The minimum atomic E-state index is 0.404.